The number of benzene rings is 2. The summed E-state index contributed by atoms with van der Waals surface area (Å²) in [6.45, 7) is 4.11. The molecule has 0 radical (unpaired) electrons. The molecule has 0 aliphatic heterocycles. The summed E-state index contributed by atoms with van der Waals surface area (Å²) in [5.41, 5.74) is 3.78. The van der Waals surface area contributed by atoms with E-state index >= 15 is 0 Å². The van der Waals surface area contributed by atoms with E-state index in [2.05, 4.69) is 76.3 Å². The van der Waals surface area contributed by atoms with Crippen LogP contribution in [0.3, 0.4) is 0 Å². The van der Waals surface area contributed by atoms with E-state index in [9.17, 15) is 0 Å². The third kappa shape index (κ3) is 4.02. The van der Waals surface area contributed by atoms with Crippen molar-refractivity contribution in [1.29, 1.82) is 0 Å². The fourth-order valence-electron chi connectivity index (χ4n) is 2.59. The molecule has 0 aliphatic carbocycles. The smallest absolute Gasteiger partial charge is 0.195 e. The summed E-state index contributed by atoms with van der Waals surface area (Å²) >= 11 is 1.78. The summed E-state index contributed by atoms with van der Waals surface area (Å²) in [7, 11) is 0. The van der Waals surface area contributed by atoms with Gasteiger partial charge in [-0.2, -0.15) is 0 Å². The van der Waals surface area contributed by atoms with Gasteiger partial charge < -0.3 is 0 Å². The third-order valence-corrected chi connectivity index (χ3v) is 4.75. The van der Waals surface area contributed by atoms with Crippen molar-refractivity contribution in [1.82, 2.24) is 14.8 Å². The lowest BCUT2D eigenvalue weighted by Gasteiger charge is -2.09. The molecule has 3 nitrogen and oxygen atoms in total. The Bertz CT molecular complexity index is 765. The average Bonchev–Trinajstić information content (AvgIpc) is 2.93. The molecule has 0 amide bonds. The number of aromatic nitrogens is 3. The van der Waals surface area contributed by atoms with Gasteiger partial charge in [-0.25, -0.2) is 0 Å². The topological polar surface area (TPSA) is 30.7 Å². The second-order valence-electron chi connectivity index (χ2n) is 5.64. The molecule has 1 aromatic heterocycles. The first kappa shape index (κ1) is 15.8. The molecule has 0 saturated heterocycles. The SMILES string of the molecule is Cc1cccc(-n2c(C)nnc2SCCCc2ccccc2)c1. The van der Waals surface area contributed by atoms with Crippen molar-refractivity contribution >= 4 is 11.8 Å². The van der Waals surface area contributed by atoms with Crippen LogP contribution in [-0.2, 0) is 6.42 Å². The van der Waals surface area contributed by atoms with Crippen molar-refractivity contribution in [2.24, 2.45) is 0 Å². The van der Waals surface area contributed by atoms with Gasteiger partial charge >= 0.3 is 0 Å². The minimum absolute atomic E-state index is 0.932. The summed E-state index contributed by atoms with van der Waals surface area (Å²) in [4.78, 5) is 0. The Morgan fingerprint density at radius 1 is 0.957 bits per heavy atom. The standard InChI is InChI=1S/C19H21N3S/c1-15-8-6-12-18(14-15)22-16(2)20-21-19(22)23-13-7-11-17-9-4-3-5-10-17/h3-6,8-10,12,14H,7,11,13H2,1-2H3. The van der Waals surface area contributed by atoms with E-state index < -0.39 is 0 Å². The molecule has 1 heterocycles. The Labute approximate surface area is 141 Å². The number of thioether (sulfide) groups is 1. The molecule has 0 unspecified atom stereocenters. The molecule has 0 bridgehead atoms. The Balaban J connectivity index is 1.65. The Kier molecular flexibility index (Phi) is 5.13. The summed E-state index contributed by atoms with van der Waals surface area (Å²) in [5, 5.41) is 9.57. The molecule has 4 heteroatoms. The average molecular weight is 323 g/mol. The van der Waals surface area contributed by atoms with Gasteiger partial charge in [-0.3, -0.25) is 4.57 Å². The van der Waals surface area contributed by atoms with Crippen molar-refractivity contribution in [3.05, 3.63) is 71.5 Å². The molecule has 0 fully saturated rings. The lowest BCUT2D eigenvalue weighted by molar-refractivity contribution is 0.860. The Morgan fingerprint density at radius 3 is 2.57 bits per heavy atom. The predicted molar refractivity (Wildman–Crippen MR) is 96.3 cm³/mol. The summed E-state index contributed by atoms with van der Waals surface area (Å²) in [5.74, 6) is 1.97. The highest BCUT2D eigenvalue weighted by atomic mass is 32.2. The van der Waals surface area contributed by atoms with Crippen LogP contribution in [0.5, 0.6) is 0 Å². The van der Waals surface area contributed by atoms with Gasteiger partial charge in [0.05, 0.1) is 0 Å². The van der Waals surface area contributed by atoms with Gasteiger partial charge in [0.15, 0.2) is 5.16 Å². The lowest BCUT2D eigenvalue weighted by atomic mass is 10.1. The predicted octanol–water partition coefficient (Wildman–Crippen LogP) is 4.61. The van der Waals surface area contributed by atoms with Gasteiger partial charge in [-0.15, -0.1) is 10.2 Å². The maximum Gasteiger partial charge on any atom is 0.195 e. The molecule has 118 valence electrons. The van der Waals surface area contributed by atoms with Crippen LogP contribution in [0.4, 0.5) is 0 Å². The van der Waals surface area contributed by atoms with Crippen molar-refractivity contribution in [3.63, 3.8) is 0 Å². The maximum atomic E-state index is 4.34. The van der Waals surface area contributed by atoms with Crippen LogP contribution in [0.25, 0.3) is 5.69 Å². The lowest BCUT2D eigenvalue weighted by Crippen LogP contribution is -2.00. The van der Waals surface area contributed by atoms with Crippen LogP contribution in [0.15, 0.2) is 59.8 Å². The largest absolute Gasteiger partial charge is 0.274 e. The first-order chi connectivity index (χ1) is 11.2. The van der Waals surface area contributed by atoms with E-state index in [-0.39, 0.29) is 0 Å². The quantitative estimate of drug-likeness (QED) is 0.490. The van der Waals surface area contributed by atoms with Crippen LogP contribution < -0.4 is 0 Å². The molecule has 0 atom stereocenters. The van der Waals surface area contributed by atoms with Crippen molar-refractivity contribution < 1.29 is 0 Å². The molecule has 3 aromatic rings. The van der Waals surface area contributed by atoms with Gasteiger partial charge in [0, 0.05) is 11.4 Å². The second kappa shape index (κ2) is 7.47. The van der Waals surface area contributed by atoms with Crippen molar-refractivity contribution in [3.8, 4) is 5.69 Å². The minimum atomic E-state index is 0.932. The normalized spacial score (nSPS) is 10.9. The van der Waals surface area contributed by atoms with Crippen molar-refractivity contribution in [2.75, 3.05) is 5.75 Å². The van der Waals surface area contributed by atoms with Gasteiger partial charge in [-0.05, 0) is 49.9 Å². The van der Waals surface area contributed by atoms with E-state index in [1.807, 2.05) is 6.92 Å². The Morgan fingerprint density at radius 2 is 1.78 bits per heavy atom. The molecule has 2 aromatic carbocycles. The molecule has 0 saturated carbocycles. The van der Waals surface area contributed by atoms with Crippen LogP contribution in [0, 0.1) is 13.8 Å². The molecular formula is C19H21N3S. The fourth-order valence-corrected chi connectivity index (χ4v) is 3.52. The van der Waals surface area contributed by atoms with E-state index in [0.717, 1.165) is 35.3 Å². The first-order valence-electron chi connectivity index (χ1n) is 7.90. The summed E-state index contributed by atoms with van der Waals surface area (Å²) < 4.78 is 2.14. The molecule has 3 rings (SSSR count). The number of aryl methyl sites for hydroxylation is 3. The number of hydrogen-bond donors (Lipinski definition) is 0. The highest BCUT2D eigenvalue weighted by Crippen LogP contribution is 2.23. The molecule has 0 aliphatic rings. The Hall–Kier alpha value is -2.07. The fraction of sp³-hybridized carbons (Fsp3) is 0.263. The first-order valence-corrected chi connectivity index (χ1v) is 8.88. The van der Waals surface area contributed by atoms with E-state index in [1.165, 1.54) is 11.1 Å². The van der Waals surface area contributed by atoms with Crippen molar-refractivity contribution in [2.45, 2.75) is 31.8 Å². The summed E-state index contributed by atoms with van der Waals surface area (Å²) in [6.07, 6.45) is 2.24. The van der Waals surface area contributed by atoms with Crippen LogP contribution >= 0.6 is 11.8 Å². The zero-order valence-electron chi connectivity index (χ0n) is 13.6. The molecule has 0 spiro atoms. The summed E-state index contributed by atoms with van der Waals surface area (Å²) in [6, 6.07) is 19.1. The molecule has 23 heavy (non-hydrogen) atoms. The van der Waals surface area contributed by atoms with E-state index in [0.29, 0.717) is 0 Å². The second-order valence-corrected chi connectivity index (χ2v) is 6.70. The van der Waals surface area contributed by atoms with Crippen LogP contribution in [-0.4, -0.2) is 20.5 Å². The van der Waals surface area contributed by atoms with Crippen LogP contribution in [0.2, 0.25) is 0 Å². The number of rotatable bonds is 6. The maximum absolute atomic E-state index is 4.34. The third-order valence-electron chi connectivity index (χ3n) is 3.74. The minimum Gasteiger partial charge on any atom is -0.274 e. The van der Waals surface area contributed by atoms with Gasteiger partial charge in [0.1, 0.15) is 5.82 Å². The molecular weight excluding hydrogens is 302 g/mol. The number of nitrogens with zero attached hydrogens (tertiary/aromatic N) is 3. The molecule has 0 N–H and O–H groups in total. The zero-order valence-corrected chi connectivity index (χ0v) is 14.4. The van der Waals surface area contributed by atoms with Gasteiger partial charge in [-0.1, -0.05) is 54.2 Å². The van der Waals surface area contributed by atoms with Crippen LogP contribution in [0.1, 0.15) is 23.4 Å². The monoisotopic (exact) mass is 323 g/mol. The van der Waals surface area contributed by atoms with Gasteiger partial charge in [0.2, 0.25) is 0 Å². The zero-order chi connectivity index (χ0) is 16.1. The highest BCUT2D eigenvalue weighted by Gasteiger charge is 2.11. The van der Waals surface area contributed by atoms with E-state index in [1.54, 1.807) is 11.8 Å². The van der Waals surface area contributed by atoms with E-state index in [4.69, 9.17) is 0 Å². The highest BCUT2D eigenvalue weighted by molar-refractivity contribution is 7.99. The van der Waals surface area contributed by atoms with Gasteiger partial charge in [0.25, 0.3) is 0 Å². The number of hydrogen-bond acceptors (Lipinski definition) is 3.